The molecule has 0 aliphatic heterocycles. The molecule has 0 aromatic carbocycles. The minimum Gasteiger partial charge on any atom is -0.308 e. The summed E-state index contributed by atoms with van der Waals surface area (Å²) in [7, 11) is 0. The number of hydrogen-bond donors (Lipinski definition) is 1. The van der Waals surface area contributed by atoms with Gasteiger partial charge in [-0.1, -0.05) is 20.8 Å². The van der Waals surface area contributed by atoms with Crippen molar-refractivity contribution in [2.45, 2.75) is 46.5 Å². The van der Waals surface area contributed by atoms with Gasteiger partial charge < -0.3 is 5.41 Å². The molecule has 0 saturated heterocycles. The molecule has 15 heavy (non-hydrogen) atoms. The van der Waals surface area contributed by atoms with Gasteiger partial charge in [-0.25, -0.2) is 0 Å². The van der Waals surface area contributed by atoms with Gasteiger partial charge in [-0.05, 0) is 18.3 Å². The second kappa shape index (κ2) is 4.25. The predicted octanol–water partition coefficient (Wildman–Crippen LogP) is 2.38. The van der Waals surface area contributed by atoms with Gasteiger partial charge in [-0.2, -0.15) is 0 Å². The largest absolute Gasteiger partial charge is 0.308 e. The number of hydrogen-bond acceptors (Lipinski definition) is 3. The monoisotopic (exact) mass is 209 g/mol. The van der Waals surface area contributed by atoms with Crippen molar-refractivity contribution in [1.29, 1.82) is 5.41 Å². The Labute approximate surface area is 90.8 Å². The Morgan fingerprint density at radius 1 is 1.47 bits per heavy atom. The van der Waals surface area contributed by atoms with E-state index in [1.165, 1.54) is 0 Å². The normalized spacial score (nSPS) is 25.4. The second-order valence-electron chi connectivity index (χ2n) is 5.16. The fourth-order valence-corrected chi connectivity index (χ4v) is 2.21. The van der Waals surface area contributed by atoms with E-state index in [4.69, 9.17) is 5.41 Å². The van der Waals surface area contributed by atoms with Crippen LogP contribution < -0.4 is 0 Å². The zero-order valence-corrected chi connectivity index (χ0v) is 9.72. The maximum atomic E-state index is 11.8. The Hall–Kier alpha value is -0.990. The van der Waals surface area contributed by atoms with Gasteiger partial charge in [0.25, 0.3) is 0 Å². The van der Waals surface area contributed by atoms with Crippen LogP contribution in [0.5, 0.6) is 0 Å². The van der Waals surface area contributed by atoms with Gasteiger partial charge in [-0.15, -0.1) is 0 Å². The van der Waals surface area contributed by atoms with Crippen molar-refractivity contribution >= 4 is 17.3 Å². The minimum atomic E-state index is -0.724. The topological polar surface area (TPSA) is 58.0 Å². The van der Waals surface area contributed by atoms with Gasteiger partial charge in [0, 0.05) is 18.6 Å². The lowest BCUT2D eigenvalue weighted by Crippen LogP contribution is -2.41. The number of ketones is 2. The highest BCUT2D eigenvalue weighted by Crippen LogP contribution is 2.34. The Kier molecular flexibility index (Phi) is 3.42. The van der Waals surface area contributed by atoms with Crippen molar-refractivity contribution in [1.82, 2.24) is 0 Å². The first-order chi connectivity index (χ1) is 6.87. The van der Waals surface area contributed by atoms with Crippen LogP contribution >= 0.6 is 0 Å². The smallest absolute Gasteiger partial charge is 0.149 e. The van der Waals surface area contributed by atoms with E-state index < -0.39 is 5.92 Å². The van der Waals surface area contributed by atoms with E-state index in [1.807, 2.05) is 20.8 Å². The lowest BCUT2D eigenvalue weighted by atomic mass is 9.69. The molecule has 1 rings (SSSR count). The molecule has 1 aliphatic carbocycles. The number of carbonyl (C=O) groups is 2. The highest BCUT2D eigenvalue weighted by Gasteiger charge is 2.40. The summed E-state index contributed by atoms with van der Waals surface area (Å²) < 4.78 is 0. The van der Waals surface area contributed by atoms with E-state index in [9.17, 15) is 9.59 Å². The summed E-state index contributed by atoms with van der Waals surface area (Å²) in [6.45, 7) is 5.86. The minimum absolute atomic E-state index is 0.0605. The van der Waals surface area contributed by atoms with Crippen molar-refractivity contribution in [3.8, 4) is 0 Å². The molecule has 0 spiro atoms. The van der Waals surface area contributed by atoms with Gasteiger partial charge in [0.05, 0.1) is 0 Å². The molecule has 0 radical (unpaired) electrons. The zero-order chi connectivity index (χ0) is 11.6. The molecule has 0 bridgehead atoms. The Morgan fingerprint density at radius 2 is 2.07 bits per heavy atom. The van der Waals surface area contributed by atoms with Crippen LogP contribution in [0.3, 0.4) is 0 Å². The lowest BCUT2D eigenvalue weighted by molar-refractivity contribution is -0.132. The number of Topliss-reactive ketones (excluding diaryl/α,β-unsaturated/α-hetero) is 2. The van der Waals surface area contributed by atoms with Crippen LogP contribution in [0.25, 0.3) is 0 Å². The van der Waals surface area contributed by atoms with Crippen molar-refractivity contribution < 1.29 is 9.59 Å². The Bertz CT molecular complexity index is 285. The summed E-state index contributed by atoms with van der Waals surface area (Å²) in [5.41, 5.74) is 0.173. The highest BCUT2D eigenvalue weighted by molar-refractivity contribution is 6.21. The first-order valence-corrected chi connectivity index (χ1v) is 5.50. The standard InChI is InChI=1S/C12H19NO2/c1-4-5-9(14)11-8(13)6-12(2,3)7-10(11)15/h11,13H,4-7H2,1-3H3. The van der Waals surface area contributed by atoms with Crippen LogP contribution in [0.15, 0.2) is 0 Å². The van der Waals surface area contributed by atoms with E-state index in [1.54, 1.807) is 0 Å². The third-order valence-corrected chi connectivity index (χ3v) is 2.81. The molecule has 3 nitrogen and oxygen atoms in total. The van der Waals surface area contributed by atoms with Crippen molar-refractivity contribution in [2.75, 3.05) is 0 Å². The van der Waals surface area contributed by atoms with Crippen molar-refractivity contribution in [2.24, 2.45) is 11.3 Å². The van der Waals surface area contributed by atoms with Crippen LogP contribution in [0.4, 0.5) is 0 Å². The molecule has 1 unspecified atom stereocenters. The quantitative estimate of drug-likeness (QED) is 0.725. The zero-order valence-electron chi connectivity index (χ0n) is 9.72. The molecule has 0 aromatic rings. The summed E-state index contributed by atoms with van der Waals surface area (Å²) in [6.07, 6.45) is 2.16. The maximum Gasteiger partial charge on any atom is 0.149 e. The highest BCUT2D eigenvalue weighted by atomic mass is 16.2. The number of nitrogens with one attached hydrogen (secondary N) is 1. The number of carbonyl (C=O) groups excluding carboxylic acids is 2. The summed E-state index contributed by atoms with van der Waals surface area (Å²) in [4.78, 5) is 23.4. The molecule has 84 valence electrons. The van der Waals surface area contributed by atoms with Crippen molar-refractivity contribution in [3.63, 3.8) is 0 Å². The first kappa shape index (κ1) is 12.1. The first-order valence-electron chi connectivity index (χ1n) is 5.50. The molecule has 1 aliphatic rings. The van der Waals surface area contributed by atoms with Crippen LogP contribution in [0.1, 0.15) is 46.5 Å². The summed E-state index contributed by atoms with van der Waals surface area (Å²) in [5, 5.41) is 7.80. The van der Waals surface area contributed by atoms with E-state index in [2.05, 4.69) is 0 Å². The SMILES string of the molecule is CCCC(=O)C1C(=N)CC(C)(C)CC1=O. The fraction of sp³-hybridized carbons (Fsp3) is 0.750. The summed E-state index contributed by atoms with van der Waals surface area (Å²) >= 11 is 0. The average molecular weight is 209 g/mol. The van der Waals surface area contributed by atoms with Gasteiger partial charge >= 0.3 is 0 Å². The van der Waals surface area contributed by atoms with Crippen molar-refractivity contribution in [3.05, 3.63) is 0 Å². The summed E-state index contributed by atoms with van der Waals surface area (Å²) in [6, 6.07) is 0. The average Bonchev–Trinajstić information content (AvgIpc) is 1.99. The van der Waals surface area contributed by atoms with Gasteiger partial charge in [0.15, 0.2) is 0 Å². The summed E-state index contributed by atoms with van der Waals surface area (Å²) in [5.74, 6) is -0.851. The predicted molar refractivity (Wildman–Crippen MR) is 59.2 cm³/mol. The van der Waals surface area contributed by atoms with E-state index in [-0.39, 0.29) is 17.0 Å². The number of rotatable bonds is 3. The Balaban J connectivity index is 2.80. The molecular weight excluding hydrogens is 190 g/mol. The lowest BCUT2D eigenvalue weighted by Gasteiger charge is -2.33. The molecular formula is C12H19NO2. The molecule has 1 saturated carbocycles. The van der Waals surface area contributed by atoms with Crippen LogP contribution in [-0.2, 0) is 9.59 Å². The van der Waals surface area contributed by atoms with Crippen LogP contribution in [0.2, 0.25) is 0 Å². The van der Waals surface area contributed by atoms with E-state index in [0.29, 0.717) is 25.0 Å². The molecule has 0 aromatic heterocycles. The van der Waals surface area contributed by atoms with Crippen LogP contribution in [0, 0.1) is 16.7 Å². The van der Waals surface area contributed by atoms with Gasteiger partial charge in [0.1, 0.15) is 17.5 Å². The van der Waals surface area contributed by atoms with Gasteiger partial charge in [-0.3, -0.25) is 9.59 Å². The second-order valence-corrected chi connectivity index (χ2v) is 5.16. The molecule has 3 heteroatoms. The molecule has 0 amide bonds. The third-order valence-electron chi connectivity index (χ3n) is 2.81. The third kappa shape index (κ3) is 2.74. The Morgan fingerprint density at radius 3 is 2.53 bits per heavy atom. The fourth-order valence-electron chi connectivity index (χ4n) is 2.21. The van der Waals surface area contributed by atoms with Crippen LogP contribution in [-0.4, -0.2) is 17.3 Å². The molecule has 1 fully saturated rings. The van der Waals surface area contributed by atoms with E-state index >= 15 is 0 Å². The molecule has 1 atom stereocenters. The molecule has 0 heterocycles. The van der Waals surface area contributed by atoms with Gasteiger partial charge in [0.2, 0.25) is 0 Å². The molecule has 1 N–H and O–H groups in total. The maximum absolute atomic E-state index is 11.8. The van der Waals surface area contributed by atoms with E-state index in [0.717, 1.165) is 6.42 Å².